The molecule has 0 aliphatic heterocycles. The van der Waals surface area contributed by atoms with E-state index in [1.807, 2.05) is 0 Å². The van der Waals surface area contributed by atoms with Crippen LogP contribution in [0.4, 0.5) is 14.9 Å². The highest BCUT2D eigenvalue weighted by Crippen LogP contribution is 2.31. The number of aromatic nitrogens is 1. The molecule has 2 amide bonds. The summed E-state index contributed by atoms with van der Waals surface area (Å²) in [5, 5.41) is 5.36. The van der Waals surface area contributed by atoms with Gasteiger partial charge in [0.1, 0.15) is 5.75 Å². The van der Waals surface area contributed by atoms with E-state index in [-0.39, 0.29) is 17.8 Å². The van der Waals surface area contributed by atoms with Crippen molar-refractivity contribution in [3.63, 3.8) is 0 Å². The molecule has 1 aromatic carbocycles. The molecule has 1 aliphatic rings. The molecule has 0 radical (unpaired) electrons. The number of carbonyl (C=O) groups excluding carboxylic acids is 1. The first kappa shape index (κ1) is 15.6. The highest BCUT2D eigenvalue weighted by Gasteiger charge is 2.23. The third-order valence-electron chi connectivity index (χ3n) is 3.39. The first-order valence-corrected chi connectivity index (χ1v) is 7.67. The fourth-order valence-electron chi connectivity index (χ4n) is 1.98. The van der Waals surface area contributed by atoms with Gasteiger partial charge in [-0.25, -0.2) is 9.18 Å². The first-order valence-electron chi connectivity index (χ1n) is 7.22. The molecule has 5 nitrogen and oxygen atoms in total. The van der Waals surface area contributed by atoms with E-state index in [1.165, 1.54) is 12.1 Å². The van der Waals surface area contributed by atoms with Crippen LogP contribution in [0.15, 0.2) is 35.4 Å². The molecule has 1 saturated carbocycles. The average Bonchev–Trinajstić information content (AvgIpc) is 3.30. The van der Waals surface area contributed by atoms with Crippen molar-refractivity contribution in [2.24, 2.45) is 0 Å². The molecule has 2 N–H and O–H groups in total. The second-order valence-electron chi connectivity index (χ2n) is 5.36. The van der Waals surface area contributed by atoms with Crippen molar-refractivity contribution in [3.05, 3.63) is 42.0 Å². The summed E-state index contributed by atoms with van der Waals surface area (Å²) in [5.74, 6) is -0.0950. The maximum atomic E-state index is 14.2. The van der Waals surface area contributed by atoms with Gasteiger partial charge < -0.3 is 15.4 Å². The smallest absolute Gasteiger partial charge is 0.319 e. The molecule has 1 aliphatic carbocycles. The minimum Gasteiger partial charge on any atom is -0.453 e. The molecule has 2 aromatic rings. The van der Waals surface area contributed by atoms with Crippen molar-refractivity contribution in [1.82, 2.24) is 10.3 Å². The predicted molar refractivity (Wildman–Crippen MR) is 87.9 cm³/mol. The van der Waals surface area contributed by atoms with Crippen molar-refractivity contribution in [2.75, 3.05) is 5.32 Å². The quantitative estimate of drug-likeness (QED) is 0.744. The van der Waals surface area contributed by atoms with Crippen molar-refractivity contribution in [2.45, 2.75) is 30.7 Å². The van der Waals surface area contributed by atoms with Crippen molar-refractivity contribution in [1.29, 1.82) is 0 Å². The van der Waals surface area contributed by atoms with Crippen LogP contribution >= 0.6 is 12.6 Å². The van der Waals surface area contributed by atoms with E-state index >= 15 is 0 Å². The summed E-state index contributed by atoms with van der Waals surface area (Å²) in [5.41, 5.74) is 1.06. The third-order valence-corrected chi connectivity index (χ3v) is 3.94. The first-order chi connectivity index (χ1) is 11.0. The highest BCUT2D eigenvalue weighted by atomic mass is 32.1. The molecule has 1 fully saturated rings. The number of carbonyl (C=O) groups is 1. The van der Waals surface area contributed by atoms with Gasteiger partial charge in [-0.1, -0.05) is 0 Å². The Balaban J connectivity index is 1.71. The van der Waals surface area contributed by atoms with E-state index in [9.17, 15) is 9.18 Å². The normalized spacial score (nSPS) is 13.5. The van der Waals surface area contributed by atoms with Crippen molar-refractivity contribution in [3.8, 4) is 11.5 Å². The Morgan fingerprint density at radius 2 is 2.13 bits per heavy atom. The number of hydrogen-bond donors (Lipinski definition) is 3. The van der Waals surface area contributed by atoms with Gasteiger partial charge in [0.25, 0.3) is 0 Å². The second kappa shape index (κ2) is 6.45. The van der Waals surface area contributed by atoms with Crippen LogP contribution in [0.1, 0.15) is 18.5 Å². The summed E-state index contributed by atoms with van der Waals surface area (Å²) >= 11 is 4.30. The average molecular weight is 333 g/mol. The molecule has 1 aromatic heterocycles. The zero-order valence-electron chi connectivity index (χ0n) is 12.5. The van der Waals surface area contributed by atoms with E-state index < -0.39 is 5.82 Å². The molecule has 0 spiro atoms. The topological polar surface area (TPSA) is 63.2 Å². The number of ether oxygens (including phenoxy) is 1. The van der Waals surface area contributed by atoms with Gasteiger partial charge in [-0.3, -0.25) is 4.98 Å². The van der Waals surface area contributed by atoms with E-state index in [0.717, 1.165) is 12.8 Å². The summed E-state index contributed by atoms with van der Waals surface area (Å²) in [6.07, 6.45) is 3.55. The number of halogens is 1. The lowest BCUT2D eigenvalue weighted by atomic mass is 10.3. The van der Waals surface area contributed by atoms with Gasteiger partial charge in [-0.2, -0.15) is 0 Å². The van der Waals surface area contributed by atoms with Crippen LogP contribution in [0.25, 0.3) is 0 Å². The molecule has 23 heavy (non-hydrogen) atoms. The van der Waals surface area contributed by atoms with Crippen LogP contribution in [0, 0.1) is 12.7 Å². The number of thiol groups is 1. The molecular formula is C16H16FN3O2S. The number of hydrogen-bond acceptors (Lipinski definition) is 4. The predicted octanol–water partition coefficient (Wildman–Crippen LogP) is 3.89. The Labute approximate surface area is 138 Å². The van der Waals surface area contributed by atoms with Gasteiger partial charge in [-0.05, 0) is 31.9 Å². The van der Waals surface area contributed by atoms with Gasteiger partial charge >= 0.3 is 6.03 Å². The standard InChI is InChI=1S/C16H16FN3O2S/c1-9-15(23)14(6-7-18-9)22-13-5-4-11(8-12(13)17)20-16(21)19-10-2-3-10/h4-8,10,23H,2-3H2,1H3,(H2,19,20,21). The van der Waals surface area contributed by atoms with Gasteiger partial charge in [0.05, 0.1) is 10.6 Å². The summed E-state index contributed by atoms with van der Waals surface area (Å²) in [4.78, 5) is 16.3. The molecule has 0 atom stereocenters. The van der Waals surface area contributed by atoms with Gasteiger partial charge in [0, 0.05) is 30.1 Å². The van der Waals surface area contributed by atoms with E-state index in [4.69, 9.17) is 4.74 Å². The van der Waals surface area contributed by atoms with E-state index in [2.05, 4.69) is 28.2 Å². The Morgan fingerprint density at radius 1 is 1.35 bits per heavy atom. The molecular weight excluding hydrogens is 317 g/mol. The number of benzene rings is 1. The lowest BCUT2D eigenvalue weighted by molar-refractivity contribution is 0.251. The molecule has 120 valence electrons. The molecule has 3 rings (SSSR count). The number of aryl methyl sites for hydroxylation is 1. The monoisotopic (exact) mass is 333 g/mol. The molecule has 0 saturated heterocycles. The van der Waals surface area contributed by atoms with Crippen molar-refractivity contribution >= 4 is 24.3 Å². The molecule has 0 bridgehead atoms. The van der Waals surface area contributed by atoms with Crippen LogP contribution in [-0.4, -0.2) is 17.1 Å². The van der Waals surface area contributed by atoms with Crippen LogP contribution < -0.4 is 15.4 Å². The maximum absolute atomic E-state index is 14.2. The summed E-state index contributed by atoms with van der Waals surface area (Å²) in [6.45, 7) is 1.79. The number of rotatable bonds is 4. The minimum absolute atomic E-state index is 0.0547. The van der Waals surface area contributed by atoms with Gasteiger partial charge in [0.2, 0.25) is 0 Å². The number of pyridine rings is 1. The summed E-state index contributed by atoms with van der Waals surface area (Å²) < 4.78 is 19.7. The van der Waals surface area contributed by atoms with Gasteiger partial charge in [-0.15, -0.1) is 12.6 Å². The largest absolute Gasteiger partial charge is 0.453 e. The SMILES string of the molecule is Cc1nccc(Oc2ccc(NC(=O)NC3CC3)cc2F)c1S. The summed E-state index contributed by atoms with van der Waals surface area (Å²) in [6, 6.07) is 5.79. The summed E-state index contributed by atoms with van der Waals surface area (Å²) in [7, 11) is 0. The lowest BCUT2D eigenvalue weighted by Gasteiger charge is -2.11. The molecule has 0 unspecified atom stereocenters. The molecule has 7 heteroatoms. The van der Waals surface area contributed by atoms with Crippen LogP contribution in [0.5, 0.6) is 11.5 Å². The van der Waals surface area contributed by atoms with Crippen molar-refractivity contribution < 1.29 is 13.9 Å². The van der Waals surface area contributed by atoms with E-state index in [0.29, 0.717) is 22.0 Å². The van der Waals surface area contributed by atoms with Crippen LogP contribution in [0.3, 0.4) is 0 Å². The maximum Gasteiger partial charge on any atom is 0.319 e. The van der Waals surface area contributed by atoms with Crippen LogP contribution in [-0.2, 0) is 0 Å². The number of nitrogens with zero attached hydrogens (tertiary/aromatic N) is 1. The molecule has 1 heterocycles. The van der Waals surface area contributed by atoms with Crippen LogP contribution in [0.2, 0.25) is 0 Å². The Morgan fingerprint density at radius 3 is 2.83 bits per heavy atom. The third kappa shape index (κ3) is 3.92. The number of anilines is 1. The zero-order chi connectivity index (χ0) is 16.4. The Kier molecular flexibility index (Phi) is 4.38. The zero-order valence-corrected chi connectivity index (χ0v) is 13.4. The number of nitrogens with one attached hydrogen (secondary N) is 2. The fraction of sp³-hybridized carbons (Fsp3) is 0.250. The number of amides is 2. The fourth-order valence-corrected chi connectivity index (χ4v) is 2.16. The van der Waals surface area contributed by atoms with Gasteiger partial charge in [0.15, 0.2) is 11.6 Å². The highest BCUT2D eigenvalue weighted by molar-refractivity contribution is 7.80. The van der Waals surface area contributed by atoms with E-state index in [1.54, 1.807) is 25.3 Å². The Bertz CT molecular complexity index is 750. The number of urea groups is 1. The lowest BCUT2D eigenvalue weighted by Crippen LogP contribution is -2.30. The minimum atomic E-state index is -0.573. The second-order valence-corrected chi connectivity index (χ2v) is 5.81. The Hall–Kier alpha value is -2.28.